The lowest BCUT2D eigenvalue weighted by molar-refractivity contribution is 0.475. The predicted octanol–water partition coefficient (Wildman–Crippen LogP) is 4.05. The Kier molecular flexibility index (Phi) is 3.30. The molecule has 0 saturated carbocycles. The third-order valence-electron chi connectivity index (χ3n) is 2.64. The maximum atomic E-state index is 9.21. The van der Waals surface area contributed by atoms with E-state index in [4.69, 9.17) is 0 Å². The SMILES string of the molecule is Cc1ccc(Br)cc1Cc1ccc(O)cc1. The van der Waals surface area contributed by atoms with E-state index < -0.39 is 0 Å². The zero-order valence-corrected chi connectivity index (χ0v) is 10.7. The Labute approximate surface area is 104 Å². The highest BCUT2D eigenvalue weighted by molar-refractivity contribution is 9.10. The van der Waals surface area contributed by atoms with Crippen molar-refractivity contribution in [2.45, 2.75) is 13.3 Å². The zero-order chi connectivity index (χ0) is 11.5. The van der Waals surface area contributed by atoms with E-state index in [0.717, 1.165) is 10.9 Å². The molecule has 0 bridgehead atoms. The third-order valence-corrected chi connectivity index (χ3v) is 3.14. The van der Waals surface area contributed by atoms with Gasteiger partial charge in [0, 0.05) is 4.47 Å². The lowest BCUT2D eigenvalue weighted by atomic mass is 10.0. The molecule has 1 nitrogen and oxygen atoms in total. The first-order chi connectivity index (χ1) is 7.65. The van der Waals surface area contributed by atoms with Gasteiger partial charge >= 0.3 is 0 Å². The van der Waals surface area contributed by atoms with Crippen LogP contribution in [0.5, 0.6) is 5.75 Å². The van der Waals surface area contributed by atoms with Crippen molar-refractivity contribution in [1.82, 2.24) is 0 Å². The van der Waals surface area contributed by atoms with Gasteiger partial charge in [-0.25, -0.2) is 0 Å². The van der Waals surface area contributed by atoms with Gasteiger partial charge in [0.25, 0.3) is 0 Å². The molecule has 16 heavy (non-hydrogen) atoms. The van der Waals surface area contributed by atoms with Crippen LogP contribution in [0.4, 0.5) is 0 Å². The molecule has 0 unspecified atom stereocenters. The minimum absolute atomic E-state index is 0.315. The summed E-state index contributed by atoms with van der Waals surface area (Å²) in [6.07, 6.45) is 0.894. The Hall–Kier alpha value is -1.28. The summed E-state index contributed by atoms with van der Waals surface area (Å²) in [4.78, 5) is 0. The average Bonchev–Trinajstić information content (AvgIpc) is 2.27. The van der Waals surface area contributed by atoms with Crippen molar-refractivity contribution in [3.8, 4) is 5.75 Å². The van der Waals surface area contributed by atoms with Gasteiger partial charge in [-0.05, 0) is 54.3 Å². The highest BCUT2D eigenvalue weighted by Gasteiger charge is 2.01. The molecule has 0 aromatic heterocycles. The maximum absolute atomic E-state index is 9.21. The number of phenols is 1. The summed E-state index contributed by atoms with van der Waals surface area (Å²) in [6.45, 7) is 2.11. The van der Waals surface area contributed by atoms with E-state index >= 15 is 0 Å². The number of aryl methyl sites for hydroxylation is 1. The molecule has 2 heteroatoms. The molecule has 82 valence electrons. The second kappa shape index (κ2) is 4.71. The minimum Gasteiger partial charge on any atom is -0.508 e. The second-order valence-electron chi connectivity index (χ2n) is 3.91. The van der Waals surface area contributed by atoms with Gasteiger partial charge in [0.2, 0.25) is 0 Å². The first-order valence-electron chi connectivity index (χ1n) is 5.18. The van der Waals surface area contributed by atoms with E-state index in [1.807, 2.05) is 12.1 Å². The largest absolute Gasteiger partial charge is 0.508 e. The van der Waals surface area contributed by atoms with Crippen molar-refractivity contribution in [2.75, 3.05) is 0 Å². The zero-order valence-electron chi connectivity index (χ0n) is 9.07. The van der Waals surface area contributed by atoms with Crippen LogP contribution in [-0.4, -0.2) is 5.11 Å². The van der Waals surface area contributed by atoms with Crippen LogP contribution in [0.15, 0.2) is 46.9 Å². The van der Waals surface area contributed by atoms with Crippen LogP contribution >= 0.6 is 15.9 Å². The minimum atomic E-state index is 0.315. The van der Waals surface area contributed by atoms with Crippen LogP contribution < -0.4 is 0 Å². The molecule has 0 fully saturated rings. The molecular weight excluding hydrogens is 264 g/mol. The van der Waals surface area contributed by atoms with Gasteiger partial charge in [-0.15, -0.1) is 0 Å². The van der Waals surface area contributed by atoms with E-state index in [9.17, 15) is 5.11 Å². The molecule has 0 radical (unpaired) electrons. The molecule has 0 heterocycles. The summed E-state index contributed by atoms with van der Waals surface area (Å²) in [6, 6.07) is 13.7. The molecule has 0 spiro atoms. The number of rotatable bonds is 2. The quantitative estimate of drug-likeness (QED) is 0.877. The molecule has 2 rings (SSSR count). The highest BCUT2D eigenvalue weighted by atomic mass is 79.9. The normalized spacial score (nSPS) is 10.4. The van der Waals surface area contributed by atoms with Crippen molar-refractivity contribution >= 4 is 15.9 Å². The summed E-state index contributed by atoms with van der Waals surface area (Å²) >= 11 is 3.48. The van der Waals surface area contributed by atoms with Crippen LogP contribution in [0.3, 0.4) is 0 Å². The van der Waals surface area contributed by atoms with E-state index in [1.165, 1.54) is 16.7 Å². The van der Waals surface area contributed by atoms with Crippen LogP contribution in [0.25, 0.3) is 0 Å². The maximum Gasteiger partial charge on any atom is 0.115 e. The lowest BCUT2D eigenvalue weighted by Crippen LogP contribution is -1.91. The van der Waals surface area contributed by atoms with Crippen LogP contribution in [0.1, 0.15) is 16.7 Å². The first kappa shape index (κ1) is 11.2. The lowest BCUT2D eigenvalue weighted by Gasteiger charge is -2.06. The molecule has 0 amide bonds. The smallest absolute Gasteiger partial charge is 0.115 e. The Bertz CT molecular complexity index is 489. The fourth-order valence-electron chi connectivity index (χ4n) is 1.66. The van der Waals surface area contributed by atoms with E-state index in [1.54, 1.807) is 12.1 Å². The topological polar surface area (TPSA) is 20.2 Å². The fourth-order valence-corrected chi connectivity index (χ4v) is 2.07. The first-order valence-corrected chi connectivity index (χ1v) is 5.97. The van der Waals surface area contributed by atoms with Gasteiger partial charge in [0.05, 0.1) is 0 Å². The Morgan fingerprint density at radius 3 is 2.44 bits per heavy atom. The van der Waals surface area contributed by atoms with E-state index in [0.29, 0.717) is 5.75 Å². The van der Waals surface area contributed by atoms with Gasteiger partial charge in [-0.1, -0.05) is 34.1 Å². The summed E-state index contributed by atoms with van der Waals surface area (Å²) in [5.41, 5.74) is 3.80. The molecule has 2 aromatic carbocycles. The Balaban J connectivity index is 2.26. The van der Waals surface area contributed by atoms with Crippen molar-refractivity contribution in [3.05, 3.63) is 63.6 Å². The number of phenolic OH excluding ortho intramolecular Hbond substituents is 1. The molecule has 0 aliphatic rings. The highest BCUT2D eigenvalue weighted by Crippen LogP contribution is 2.20. The summed E-state index contributed by atoms with van der Waals surface area (Å²) in [5.74, 6) is 0.315. The van der Waals surface area contributed by atoms with Crippen molar-refractivity contribution in [3.63, 3.8) is 0 Å². The average molecular weight is 277 g/mol. The molecule has 0 saturated heterocycles. The van der Waals surface area contributed by atoms with Crippen LogP contribution in [-0.2, 0) is 6.42 Å². The fraction of sp³-hybridized carbons (Fsp3) is 0.143. The number of aromatic hydroxyl groups is 1. The standard InChI is InChI=1S/C14H13BrO/c1-10-2-5-13(15)9-12(10)8-11-3-6-14(16)7-4-11/h2-7,9,16H,8H2,1H3. The number of halogens is 1. The number of hydrogen-bond donors (Lipinski definition) is 1. The second-order valence-corrected chi connectivity index (χ2v) is 4.83. The number of benzene rings is 2. The third kappa shape index (κ3) is 2.64. The van der Waals surface area contributed by atoms with E-state index in [-0.39, 0.29) is 0 Å². The molecule has 0 aliphatic carbocycles. The summed E-state index contributed by atoms with van der Waals surface area (Å²) < 4.78 is 1.10. The van der Waals surface area contributed by atoms with Crippen LogP contribution in [0.2, 0.25) is 0 Å². The molecule has 0 atom stereocenters. The molecule has 1 N–H and O–H groups in total. The monoisotopic (exact) mass is 276 g/mol. The number of hydrogen-bond acceptors (Lipinski definition) is 1. The summed E-state index contributed by atoms with van der Waals surface area (Å²) in [5, 5.41) is 9.21. The van der Waals surface area contributed by atoms with Crippen LogP contribution in [0, 0.1) is 6.92 Å². The van der Waals surface area contributed by atoms with E-state index in [2.05, 4.69) is 41.1 Å². The van der Waals surface area contributed by atoms with Gasteiger partial charge in [-0.2, -0.15) is 0 Å². The van der Waals surface area contributed by atoms with Crippen molar-refractivity contribution in [1.29, 1.82) is 0 Å². The van der Waals surface area contributed by atoms with Gasteiger partial charge in [0.1, 0.15) is 5.75 Å². The van der Waals surface area contributed by atoms with Crippen molar-refractivity contribution < 1.29 is 5.11 Å². The molecule has 0 aliphatic heterocycles. The predicted molar refractivity (Wildman–Crippen MR) is 69.8 cm³/mol. The van der Waals surface area contributed by atoms with Crippen molar-refractivity contribution in [2.24, 2.45) is 0 Å². The van der Waals surface area contributed by atoms with Gasteiger partial charge < -0.3 is 5.11 Å². The summed E-state index contributed by atoms with van der Waals surface area (Å²) in [7, 11) is 0. The Morgan fingerprint density at radius 1 is 1.06 bits per heavy atom. The Morgan fingerprint density at radius 2 is 1.75 bits per heavy atom. The van der Waals surface area contributed by atoms with Gasteiger partial charge in [0.15, 0.2) is 0 Å². The van der Waals surface area contributed by atoms with Gasteiger partial charge in [-0.3, -0.25) is 0 Å². The molecule has 2 aromatic rings. The molecular formula is C14H13BrO.